The van der Waals surface area contributed by atoms with E-state index in [9.17, 15) is 0 Å². The topological polar surface area (TPSA) is 23.8 Å². The molecule has 12 heavy (non-hydrogen) atoms. The van der Waals surface area contributed by atoms with Crippen LogP contribution < -0.4 is 0 Å². The van der Waals surface area contributed by atoms with Crippen LogP contribution in [-0.4, -0.2) is 0 Å². The van der Waals surface area contributed by atoms with Crippen molar-refractivity contribution in [2.75, 3.05) is 0 Å². The summed E-state index contributed by atoms with van der Waals surface area (Å²) in [6, 6.07) is 6.42. The van der Waals surface area contributed by atoms with Crippen molar-refractivity contribution in [1.29, 1.82) is 5.26 Å². The van der Waals surface area contributed by atoms with Crippen LogP contribution in [0.15, 0.2) is 17.5 Å². The van der Waals surface area contributed by atoms with E-state index in [-0.39, 0.29) is 5.92 Å². The van der Waals surface area contributed by atoms with Crippen LogP contribution in [-0.2, 0) is 0 Å². The van der Waals surface area contributed by atoms with Crippen LogP contribution in [0.4, 0.5) is 0 Å². The van der Waals surface area contributed by atoms with Gasteiger partial charge in [-0.05, 0) is 17.4 Å². The summed E-state index contributed by atoms with van der Waals surface area (Å²) < 4.78 is 0. The van der Waals surface area contributed by atoms with Crippen LogP contribution in [0.25, 0.3) is 0 Å². The van der Waals surface area contributed by atoms with Crippen LogP contribution in [0.1, 0.15) is 31.1 Å². The van der Waals surface area contributed by atoms with Crippen LogP contribution >= 0.6 is 11.3 Å². The van der Waals surface area contributed by atoms with Crippen LogP contribution in [0.2, 0.25) is 0 Å². The molecule has 1 heterocycles. The molecule has 2 heteroatoms. The minimum atomic E-state index is 0.0926. The van der Waals surface area contributed by atoms with Gasteiger partial charge in [0.2, 0.25) is 0 Å². The van der Waals surface area contributed by atoms with Gasteiger partial charge >= 0.3 is 0 Å². The Morgan fingerprint density at radius 2 is 2.42 bits per heavy atom. The minimum absolute atomic E-state index is 0.0926. The predicted octanol–water partition coefficient (Wildman–Crippen LogP) is 3.40. The molecule has 1 aromatic heterocycles. The van der Waals surface area contributed by atoms with E-state index in [0.717, 1.165) is 6.42 Å². The zero-order valence-electron chi connectivity index (χ0n) is 7.45. The van der Waals surface area contributed by atoms with Crippen molar-refractivity contribution in [1.82, 2.24) is 0 Å². The fourth-order valence-electron chi connectivity index (χ4n) is 1.18. The van der Waals surface area contributed by atoms with E-state index >= 15 is 0 Å². The van der Waals surface area contributed by atoms with Gasteiger partial charge in [-0.25, -0.2) is 0 Å². The van der Waals surface area contributed by atoms with Crippen LogP contribution in [0, 0.1) is 17.2 Å². The minimum Gasteiger partial charge on any atom is -0.198 e. The third-order valence-corrected chi connectivity index (χ3v) is 3.16. The molecule has 0 amide bonds. The van der Waals surface area contributed by atoms with Gasteiger partial charge in [0.15, 0.2) is 0 Å². The second-order valence-corrected chi connectivity index (χ2v) is 3.99. The zero-order valence-corrected chi connectivity index (χ0v) is 8.27. The first-order chi connectivity index (χ1) is 5.79. The highest BCUT2D eigenvalue weighted by molar-refractivity contribution is 7.10. The lowest BCUT2D eigenvalue weighted by Gasteiger charge is -2.13. The lowest BCUT2D eigenvalue weighted by molar-refractivity contribution is 0.519. The Balaban J connectivity index is 2.78. The van der Waals surface area contributed by atoms with Crippen molar-refractivity contribution in [3.63, 3.8) is 0 Å². The maximum absolute atomic E-state index is 8.96. The molecule has 1 rings (SSSR count). The summed E-state index contributed by atoms with van der Waals surface area (Å²) in [6.07, 6.45) is 1.07. The van der Waals surface area contributed by atoms with Gasteiger partial charge in [0.05, 0.1) is 12.0 Å². The molecule has 0 bridgehead atoms. The number of hydrogen-bond acceptors (Lipinski definition) is 2. The average Bonchev–Trinajstić information content (AvgIpc) is 2.58. The maximum Gasteiger partial charge on any atom is 0.0831 e. The Hall–Kier alpha value is -0.810. The fourth-order valence-corrected chi connectivity index (χ4v) is 2.08. The van der Waals surface area contributed by atoms with E-state index in [1.54, 1.807) is 11.3 Å². The van der Waals surface area contributed by atoms with Gasteiger partial charge in [-0.15, -0.1) is 11.3 Å². The molecule has 0 saturated carbocycles. The maximum atomic E-state index is 8.96. The third kappa shape index (κ3) is 1.86. The first-order valence-electron chi connectivity index (χ1n) is 4.22. The van der Waals surface area contributed by atoms with Crippen molar-refractivity contribution in [2.45, 2.75) is 26.2 Å². The number of hydrogen-bond donors (Lipinski definition) is 0. The quantitative estimate of drug-likeness (QED) is 0.697. The number of thiophene rings is 1. The number of nitriles is 1. The number of rotatable bonds is 3. The SMILES string of the molecule is CCC(C)C(C#N)c1cccs1. The van der Waals surface area contributed by atoms with Gasteiger partial charge in [-0.1, -0.05) is 26.3 Å². The Morgan fingerprint density at radius 3 is 2.83 bits per heavy atom. The molecule has 64 valence electrons. The normalized spacial score (nSPS) is 15.1. The van der Waals surface area contributed by atoms with Crippen molar-refractivity contribution in [2.24, 2.45) is 5.92 Å². The van der Waals surface area contributed by atoms with Gasteiger partial charge in [-0.3, -0.25) is 0 Å². The molecule has 2 unspecified atom stereocenters. The largest absolute Gasteiger partial charge is 0.198 e. The third-order valence-electron chi connectivity index (χ3n) is 2.20. The molecule has 0 aliphatic carbocycles. The molecule has 0 saturated heterocycles. The van der Waals surface area contributed by atoms with Crippen LogP contribution in [0.3, 0.4) is 0 Å². The van der Waals surface area contributed by atoms with Crippen molar-refractivity contribution in [3.8, 4) is 6.07 Å². The highest BCUT2D eigenvalue weighted by atomic mass is 32.1. The smallest absolute Gasteiger partial charge is 0.0831 e. The standard InChI is InChI=1S/C10H13NS/c1-3-8(2)9(7-11)10-5-4-6-12-10/h4-6,8-9H,3H2,1-2H3. The van der Waals surface area contributed by atoms with E-state index in [4.69, 9.17) is 5.26 Å². The molecule has 0 N–H and O–H groups in total. The summed E-state index contributed by atoms with van der Waals surface area (Å²) in [5.41, 5.74) is 0. The summed E-state index contributed by atoms with van der Waals surface area (Å²) in [5, 5.41) is 11.0. The van der Waals surface area contributed by atoms with E-state index in [1.807, 2.05) is 17.5 Å². The molecule has 0 radical (unpaired) electrons. The molecule has 0 aliphatic heterocycles. The summed E-state index contributed by atoms with van der Waals surface area (Å²) >= 11 is 1.68. The molecule has 0 spiro atoms. The van der Waals surface area contributed by atoms with Crippen LogP contribution in [0.5, 0.6) is 0 Å². The van der Waals surface area contributed by atoms with Crippen molar-refractivity contribution in [3.05, 3.63) is 22.4 Å². The Kier molecular flexibility index (Phi) is 3.31. The number of nitrogens with zero attached hydrogens (tertiary/aromatic N) is 1. The summed E-state index contributed by atoms with van der Waals surface area (Å²) in [5.74, 6) is 0.559. The lowest BCUT2D eigenvalue weighted by Crippen LogP contribution is -2.04. The first kappa shape index (κ1) is 9.28. The van der Waals surface area contributed by atoms with Gasteiger partial charge in [0.25, 0.3) is 0 Å². The average molecular weight is 179 g/mol. The molecular weight excluding hydrogens is 166 g/mol. The monoisotopic (exact) mass is 179 g/mol. The van der Waals surface area contributed by atoms with E-state index in [2.05, 4.69) is 19.9 Å². The molecule has 1 nitrogen and oxygen atoms in total. The molecule has 1 aromatic rings. The first-order valence-corrected chi connectivity index (χ1v) is 5.10. The molecule has 0 aliphatic rings. The van der Waals surface area contributed by atoms with Gasteiger partial charge < -0.3 is 0 Å². The Morgan fingerprint density at radius 1 is 1.67 bits per heavy atom. The highest BCUT2D eigenvalue weighted by Crippen LogP contribution is 2.29. The molecular formula is C10H13NS. The predicted molar refractivity (Wildman–Crippen MR) is 52.1 cm³/mol. The highest BCUT2D eigenvalue weighted by Gasteiger charge is 2.17. The second kappa shape index (κ2) is 4.27. The fraction of sp³-hybridized carbons (Fsp3) is 0.500. The van der Waals surface area contributed by atoms with Crippen molar-refractivity contribution >= 4 is 11.3 Å². The molecule has 0 aromatic carbocycles. The summed E-state index contributed by atoms with van der Waals surface area (Å²) in [6.45, 7) is 4.26. The molecule has 0 fully saturated rings. The summed E-state index contributed by atoms with van der Waals surface area (Å²) in [4.78, 5) is 1.20. The zero-order chi connectivity index (χ0) is 8.97. The Labute approximate surface area is 77.7 Å². The Bertz CT molecular complexity index is 258. The van der Waals surface area contributed by atoms with E-state index in [0.29, 0.717) is 5.92 Å². The van der Waals surface area contributed by atoms with Gasteiger partial charge in [0.1, 0.15) is 0 Å². The van der Waals surface area contributed by atoms with E-state index in [1.165, 1.54) is 4.88 Å². The molecule has 2 atom stereocenters. The van der Waals surface area contributed by atoms with Gasteiger partial charge in [-0.2, -0.15) is 5.26 Å². The second-order valence-electron chi connectivity index (χ2n) is 3.01. The lowest BCUT2D eigenvalue weighted by atomic mass is 9.92. The van der Waals surface area contributed by atoms with Crippen molar-refractivity contribution < 1.29 is 0 Å². The van der Waals surface area contributed by atoms with Gasteiger partial charge in [0, 0.05) is 4.88 Å². The summed E-state index contributed by atoms with van der Waals surface area (Å²) in [7, 11) is 0. The van der Waals surface area contributed by atoms with E-state index < -0.39 is 0 Å².